The van der Waals surface area contributed by atoms with Gasteiger partial charge in [0.25, 0.3) is 0 Å². The third-order valence-corrected chi connectivity index (χ3v) is 4.31. The van der Waals surface area contributed by atoms with Gasteiger partial charge in [-0.05, 0) is 19.0 Å². The summed E-state index contributed by atoms with van der Waals surface area (Å²) < 4.78 is 0. The van der Waals surface area contributed by atoms with Crippen LogP contribution in [0.4, 0.5) is 0 Å². The van der Waals surface area contributed by atoms with Crippen LogP contribution in [0.25, 0.3) is 0 Å². The molecule has 128 valence electrons. The van der Waals surface area contributed by atoms with E-state index in [9.17, 15) is 5.21 Å². The Balaban J connectivity index is 3.03. The third-order valence-electron chi connectivity index (χ3n) is 4.31. The van der Waals surface area contributed by atoms with Crippen LogP contribution in [0.1, 0.15) is 111 Å². The van der Waals surface area contributed by atoms with E-state index < -0.39 is 0 Å². The molecule has 0 aliphatic heterocycles. The molecular weight excluding hydrogens is 258 g/mol. The summed E-state index contributed by atoms with van der Waals surface area (Å²) in [6.07, 6.45) is 19.2. The Bertz CT molecular complexity index is 194. The molecule has 2 heteroatoms. The minimum Gasteiger partial charge on any atom is -0.785 e. The Kier molecular flexibility index (Phi) is 16.2. The van der Waals surface area contributed by atoms with Crippen molar-refractivity contribution in [1.29, 1.82) is 0 Å². The van der Waals surface area contributed by atoms with Crippen molar-refractivity contribution in [2.45, 2.75) is 117 Å². The summed E-state index contributed by atoms with van der Waals surface area (Å²) in [5, 5.41) is 12.6. The average molecular weight is 299 g/mol. The molecule has 0 aliphatic rings. The minimum atomic E-state index is 0.145. The van der Waals surface area contributed by atoms with E-state index in [2.05, 4.69) is 6.92 Å². The predicted molar refractivity (Wildman–Crippen MR) is 95.5 cm³/mol. The van der Waals surface area contributed by atoms with E-state index in [-0.39, 0.29) is 6.04 Å². The van der Waals surface area contributed by atoms with E-state index in [1.54, 1.807) is 0 Å². The molecule has 2 nitrogen and oxygen atoms in total. The van der Waals surface area contributed by atoms with Gasteiger partial charge in [-0.25, -0.2) is 0 Å². The second-order valence-electron chi connectivity index (χ2n) is 6.83. The maximum absolute atomic E-state index is 11.4. The zero-order valence-corrected chi connectivity index (χ0v) is 15.0. The predicted octanol–water partition coefficient (Wildman–Crippen LogP) is 6.68. The lowest BCUT2D eigenvalue weighted by atomic mass is 10.0. The first-order valence-electron chi connectivity index (χ1n) is 9.62. The highest BCUT2D eigenvalue weighted by molar-refractivity contribution is 4.62. The molecule has 0 bridgehead atoms. The van der Waals surface area contributed by atoms with Crippen molar-refractivity contribution in [2.75, 3.05) is 6.54 Å². The Morgan fingerprint density at radius 3 is 1.29 bits per heavy atom. The van der Waals surface area contributed by atoms with E-state index in [1.807, 2.05) is 13.8 Å². The van der Waals surface area contributed by atoms with Gasteiger partial charge in [-0.3, -0.25) is 0 Å². The van der Waals surface area contributed by atoms with Gasteiger partial charge in [-0.2, -0.15) is 0 Å². The van der Waals surface area contributed by atoms with Crippen molar-refractivity contribution in [3.05, 3.63) is 5.21 Å². The summed E-state index contributed by atoms with van der Waals surface area (Å²) in [6.45, 7) is 6.93. The van der Waals surface area contributed by atoms with Crippen LogP contribution in [0.3, 0.4) is 0 Å². The van der Waals surface area contributed by atoms with Crippen LogP contribution in [0.5, 0.6) is 0 Å². The van der Waals surface area contributed by atoms with Gasteiger partial charge in [0, 0.05) is 0 Å². The van der Waals surface area contributed by atoms with E-state index in [1.165, 1.54) is 88.5 Å². The molecule has 0 aromatic heterocycles. The monoisotopic (exact) mass is 298 g/mol. The van der Waals surface area contributed by atoms with Crippen molar-refractivity contribution in [3.63, 3.8) is 0 Å². The van der Waals surface area contributed by atoms with Gasteiger partial charge in [-0.15, -0.1) is 0 Å². The van der Waals surface area contributed by atoms with Gasteiger partial charge in [0.15, 0.2) is 0 Å². The Morgan fingerprint density at radius 1 is 0.619 bits per heavy atom. The molecule has 0 unspecified atom stereocenters. The average Bonchev–Trinajstić information content (AvgIpc) is 2.47. The van der Waals surface area contributed by atoms with Crippen LogP contribution in [-0.2, 0) is 0 Å². The maximum Gasteiger partial charge on any atom is -0.00839 e. The van der Waals surface area contributed by atoms with Gasteiger partial charge >= 0.3 is 0 Å². The van der Waals surface area contributed by atoms with Crippen LogP contribution in [-0.4, -0.2) is 17.6 Å². The van der Waals surface area contributed by atoms with Crippen LogP contribution < -0.4 is 0 Å². The summed E-state index contributed by atoms with van der Waals surface area (Å²) in [5.41, 5.74) is 0. The second-order valence-corrected chi connectivity index (χ2v) is 6.83. The molecule has 0 N–H and O–H groups in total. The quantitative estimate of drug-likeness (QED) is 0.235. The molecule has 21 heavy (non-hydrogen) atoms. The lowest BCUT2D eigenvalue weighted by Crippen LogP contribution is -2.25. The van der Waals surface area contributed by atoms with Crippen molar-refractivity contribution in [2.24, 2.45) is 0 Å². The Hall–Kier alpha value is -0.0800. The lowest BCUT2D eigenvalue weighted by Gasteiger charge is -2.32. The van der Waals surface area contributed by atoms with E-state index in [0.717, 1.165) is 13.0 Å². The van der Waals surface area contributed by atoms with Crippen LogP contribution in [0.2, 0.25) is 0 Å². The summed E-state index contributed by atoms with van der Waals surface area (Å²) in [7, 11) is 0. The third kappa shape index (κ3) is 16.1. The SMILES string of the molecule is CCCCCCCCCCCCCCCCN([O-])C(C)C. The van der Waals surface area contributed by atoms with Crippen LogP contribution >= 0.6 is 0 Å². The Morgan fingerprint density at radius 2 is 0.952 bits per heavy atom. The highest BCUT2D eigenvalue weighted by Crippen LogP contribution is 2.13. The van der Waals surface area contributed by atoms with Gasteiger partial charge < -0.3 is 10.3 Å². The zero-order valence-electron chi connectivity index (χ0n) is 15.0. The first kappa shape index (κ1) is 20.9. The van der Waals surface area contributed by atoms with Crippen molar-refractivity contribution >= 4 is 0 Å². The molecule has 0 aliphatic carbocycles. The van der Waals surface area contributed by atoms with E-state index >= 15 is 0 Å². The summed E-state index contributed by atoms with van der Waals surface area (Å²) in [5.74, 6) is 0. The lowest BCUT2D eigenvalue weighted by molar-refractivity contribution is 0.303. The normalized spacial score (nSPS) is 11.7. The topological polar surface area (TPSA) is 26.3 Å². The summed E-state index contributed by atoms with van der Waals surface area (Å²) >= 11 is 0. The van der Waals surface area contributed by atoms with E-state index in [4.69, 9.17) is 0 Å². The van der Waals surface area contributed by atoms with Gasteiger partial charge in [-0.1, -0.05) is 104 Å². The van der Waals surface area contributed by atoms with Crippen molar-refractivity contribution in [1.82, 2.24) is 5.06 Å². The molecule has 0 fully saturated rings. The number of unbranched alkanes of at least 4 members (excludes halogenated alkanes) is 13. The molecule has 0 spiro atoms. The molecule has 0 rings (SSSR count). The summed E-state index contributed by atoms with van der Waals surface area (Å²) in [4.78, 5) is 0. The molecule has 0 saturated carbocycles. The smallest absolute Gasteiger partial charge is 0.00839 e. The number of rotatable bonds is 16. The van der Waals surface area contributed by atoms with Crippen LogP contribution in [0, 0.1) is 5.21 Å². The molecule has 0 saturated heterocycles. The highest BCUT2D eigenvalue weighted by Gasteiger charge is 1.97. The molecular formula is C19H40NO-. The summed E-state index contributed by atoms with van der Waals surface area (Å²) in [6, 6.07) is 0.145. The number of nitrogens with zero attached hydrogens (tertiary/aromatic N) is 1. The second kappa shape index (κ2) is 16.3. The van der Waals surface area contributed by atoms with Crippen LogP contribution in [0.15, 0.2) is 0 Å². The number of hydrogen-bond donors (Lipinski definition) is 0. The molecule has 0 radical (unpaired) electrons. The van der Waals surface area contributed by atoms with Crippen molar-refractivity contribution < 1.29 is 0 Å². The maximum atomic E-state index is 11.4. The van der Waals surface area contributed by atoms with Gasteiger partial charge in [0.2, 0.25) is 0 Å². The number of hydroxylamine groups is 2. The largest absolute Gasteiger partial charge is 0.785 e. The molecule has 0 aromatic rings. The zero-order chi connectivity index (χ0) is 15.8. The molecule has 0 atom stereocenters. The first-order valence-corrected chi connectivity index (χ1v) is 9.62. The first-order chi connectivity index (χ1) is 10.2. The van der Waals surface area contributed by atoms with Crippen molar-refractivity contribution in [3.8, 4) is 0 Å². The molecule has 0 heterocycles. The standard InChI is InChI=1S/C19H40NO/c1-4-5-6-7-8-9-10-11-12-13-14-15-16-17-18-20(21)19(2)3/h19H,4-18H2,1-3H3/q-1. The Labute approximate surface area is 134 Å². The minimum absolute atomic E-state index is 0.145. The fraction of sp³-hybridized carbons (Fsp3) is 1.00. The fourth-order valence-electron chi connectivity index (χ4n) is 2.72. The highest BCUT2D eigenvalue weighted by atomic mass is 16.5. The van der Waals surface area contributed by atoms with E-state index in [0.29, 0.717) is 0 Å². The fourth-order valence-corrected chi connectivity index (χ4v) is 2.72. The van der Waals surface area contributed by atoms with Gasteiger partial charge in [0.1, 0.15) is 0 Å². The van der Waals surface area contributed by atoms with Gasteiger partial charge in [0.05, 0.1) is 0 Å². The number of hydrogen-bond acceptors (Lipinski definition) is 2. The molecule has 0 aromatic carbocycles. The molecule has 0 amide bonds.